The van der Waals surface area contributed by atoms with E-state index < -0.39 is 0 Å². The lowest BCUT2D eigenvalue weighted by molar-refractivity contribution is 0.400. The first-order valence-electron chi connectivity index (χ1n) is 7.67. The van der Waals surface area contributed by atoms with Crippen LogP contribution in [0.2, 0.25) is 0 Å². The van der Waals surface area contributed by atoms with Crippen molar-refractivity contribution >= 4 is 5.65 Å². The summed E-state index contributed by atoms with van der Waals surface area (Å²) in [6, 6.07) is 10.3. The molecule has 4 rings (SSSR count). The van der Waals surface area contributed by atoms with Crippen molar-refractivity contribution in [1.82, 2.24) is 24.1 Å². The highest BCUT2D eigenvalue weighted by atomic mass is 16.5. The molecule has 0 amide bonds. The monoisotopic (exact) mass is 319 g/mol. The Morgan fingerprint density at radius 2 is 1.96 bits per heavy atom. The first-order chi connectivity index (χ1) is 11.7. The maximum absolute atomic E-state index is 5.28. The number of benzene rings is 1. The Morgan fingerprint density at radius 1 is 1.08 bits per heavy atom. The lowest BCUT2D eigenvalue weighted by atomic mass is 10.1. The van der Waals surface area contributed by atoms with Crippen molar-refractivity contribution in [3.63, 3.8) is 0 Å². The van der Waals surface area contributed by atoms with Gasteiger partial charge in [-0.3, -0.25) is 4.40 Å². The Balaban J connectivity index is 1.86. The summed E-state index contributed by atoms with van der Waals surface area (Å²) in [6.07, 6.45) is 5.43. The molecule has 6 heteroatoms. The summed E-state index contributed by atoms with van der Waals surface area (Å²) < 4.78 is 9.21. The zero-order valence-electron chi connectivity index (χ0n) is 13.8. The molecule has 0 saturated carbocycles. The van der Waals surface area contributed by atoms with Crippen LogP contribution in [0.15, 0.2) is 48.9 Å². The number of nitrogens with zero attached hydrogens (tertiary/aromatic N) is 5. The molecule has 0 fully saturated rings. The average Bonchev–Trinajstić information content (AvgIpc) is 3.17. The van der Waals surface area contributed by atoms with E-state index in [1.165, 1.54) is 0 Å². The predicted octanol–water partition coefficient (Wildman–Crippen LogP) is 3.21. The third-order valence-corrected chi connectivity index (χ3v) is 3.99. The van der Waals surface area contributed by atoms with Gasteiger partial charge in [-0.25, -0.2) is 14.6 Å². The third kappa shape index (κ3) is 2.23. The summed E-state index contributed by atoms with van der Waals surface area (Å²) in [7, 11) is 1.60. The minimum absolute atomic E-state index is 0.512. The Kier molecular flexibility index (Phi) is 3.30. The first-order valence-corrected chi connectivity index (χ1v) is 7.67. The second kappa shape index (κ2) is 5.49. The predicted molar refractivity (Wildman–Crippen MR) is 91.6 cm³/mol. The van der Waals surface area contributed by atoms with Crippen LogP contribution in [0.5, 0.6) is 5.88 Å². The Morgan fingerprint density at radius 3 is 2.71 bits per heavy atom. The van der Waals surface area contributed by atoms with E-state index in [4.69, 9.17) is 4.74 Å². The van der Waals surface area contributed by atoms with Crippen molar-refractivity contribution in [3.8, 4) is 22.8 Å². The third-order valence-electron chi connectivity index (χ3n) is 3.99. The Bertz CT molecular complexity index is 1030. The summed E-state index contributed by atoms with van der Waals surface area (Å²) in [6.45, 7) is 4.05. The van der Waals surface area contributed by atoms with Gasteiger partial charge < -0.3 is 4.74 Å². The van der Waals surface area contributed by atoms with Gasteiger partial charge in [0.1, 0.15) is 0 Å². The van der Waals surface area contributed by atoms with Crippen LogP contribution in [0.4, 0.5) is 0 Å². The van der Waals surface area contributed by atoms with Crippen LogP contribution in [0.25, 0.3) is 22.6 Å². The van der Waals surface area contributed by atoms with E-state index >= 15 is 0 Å². The van der Waals surface area contributed by atoms with Crippen LogP contribution < -0.4 is 4.74 Å². The van der Waals surface area contributed by atoms with Crippen molar-refractivity contribution in [3.05, 3.63) is 60.3 Å². The zero-order chi connectivity index (χ0) is 16.7. The van der Waals surface area contributed by atoms with Crippen molar-refractivity contribution in [2.75, 3.05) is 7.11 Å². The van der Waals surface area contributed by atoms with E-state index in [1.807, 2.05) is 40.5 Å². The van der Waals surface area contributed by atoms with Crippen LogP contribution in [0, 0.1) is 13.8 Å². The van der Waals surface area contributed by atoms with Crippen LogP contribution in [-0.4, -0.2) is 31.3 Å². The largest absolute Gasteiger partial charge is 0.478 e. The molecular formula is C18H17N5O. The van der Waals surface area contributed by atoms with E-state index in [2.05, 4.69) is 40.2 Å². The summed E-state index contributed by atoms with van der Waals surface area (Å²) in [4.78, 5) is 8.64. The van der Waals surface area contributed by atoms with Gasteiger partial charge in [0.2, 0.25) is 5.65 Å². The quantitative estimate of drug-likeness (QED) is 0.582. The van der Waals surface area contributed by atoms with Gasteiger partial charge in [-0.2, -0.15) is 5.10 Å². The summed E-state index contributed by atoms with van der Waals surface area (Å²) in [5.41, 5.74) is 5.87. The molecule has 0 saturated heterocycles. The van der Waals surface area contributed by atoms with Crippen molar-refractivity contribution in [2.45, 2.75) is 13.8 Å². The highest BCUT2D eigenvalue weighted by Gasteiger charge is 2.12. The lowest BCUT2D eigenvalue weighted by Crippen LogP contribution is -1.99. The molecule has 0 N–H and O–H groups in total. The van der Waals surface area contributed by atoms with Crippen LogP contribution in [0.1, 0.15) is 11.4 Å². The molecule has 3 heterocycles. The van der Waals surface area contributed by atoms with E-state index in [-0.39, 0.29) is 0 Å². The van der Waals surface area contributed by atoms with Gasteiger partial charge in [-0.15, -0.1) is 0 Å². The Hall–Kier alpha value is -3.15. The van der Waals surface area contributed by atoms with Gasteiger partial charge in [0, 0.05) is 23.7 Å². The number of ether oxygens (including phenoxy) is 1. The fraction of sp³-hybridized carbons (Fsp3) is 0.167. The van der Waals surface area contributed by atoms with E-state index in [0.29, 0.717) is 11.5 Å². The maximum Gasteiger partial charge on any atom is 0.258 e. The number of aryl methyl sites for hydroxylation is 2. The van der Waals surface area contributed by atoms with Crippen molar-refractivity contribution in [1.29, 1.82) is 0 Å². The smallest absolute Gasteiger partial charge is 0.258 e. The minimum atomic E-state index is 0.512. The van der Waals surface area contributed by atoms with Gasteiger partial charge in [0.05, 0.1) is 30.4 Å². The molecule has 0 aliphatic heterocycles. The standard InChI is InChI=1S/C18H17N5O/c1-12-9-13(2)23(21-12)15-6-4-5-14(10-15)16-11-20-17-18(24-3)19-7-8-22(16)17/h4-11H,1-3H3. The number of imidazole rings is 1. The van der Waals surface area contributed by atoms with Crippen LogP contribution in [-0.2, 0) is 0 Å². The molecule has 24 heavy (non-hydrogen) atoms. The molecule has 0 spiro atoms. The highest BCUT2D eigenvalue weighted by molar-refractivity contribution is 5.67. The van der Waals surface area contributed by atoms with E-state index in [1.54, 1.807) is 13.3 Å². The molecule has 0 atom stereocenters. The highest BCUT2D eigenvalue weighted by Crippen LogP contribution is 2.26. The maximum atomic E-state index is 5.28. The van der Waals surface area contributed by atoms with Gasteiger partial charge in [-0.05, 0) is 32.0 Å². The molecule has 0 bridgehead atoms. The lowest BCUT2D eigenvalue weighted by Gasteiger charge is -2.08. The number of rotatable bonds is 3. The summed E-state index contributed by atoms with van der Waals surface area (Å²) in [5.74, 6) is 0.512. The first kappa shape index (κ1) is 14.4. The van der Waals surface area contributed by atoms with Crippen molar-refractivity contribution < 1.29 is 4.74 Å². The molecular weight excluding hydrogens is 302 g/mol. The number of fused-ring (bicyclic) bond motifs is 1. The molecule has 0 radical (unpaired) electrons. The van der Waals surface area contributed by atoms with Gasteiger partial charge in [0.25, 0.3) is 5.88 Å². The fourth-order valence-corrected chi connectivity index (χ4v) is 2.94. The van der Waals surface area contributed by atoms with Gasteiger partial charge in [-0.1, -0.05) is 12.1 Å². The normalized spacial score (nSPS) is 11.1. The fourth-order valence-electron chi connectivity index (χ4n) is 2.94. The molecule has 1 aromatic carbocycles. The van der Waals surface area contributed by atoms with Gasteiger partial charge >= 0.3 is 0 Å². The summed E-state index contributed by atoms with van der Waals surface area (Å²) >= 11 is 0. The molecule has 4 aromatic rings. The second-order valence-electron chi connectivity index (χ2n) is 5.66. The Labute approximate surface area is 139 Å². The number of methoxy groups -OCH3 is 1. The molecule has 0 unspecified atom stereocenters. The van der Waals surface area contributed by atoms with Crippen LogP contribution >= 0.6 is 0 Å². The second-order valence-corrected chi connectivity index (χ2v) is 5.66. The SMILES string of the molecule is COc1nccn2c(-c3cccc(-n4nc(C)cc4C)c3)cnc12. The average molecular weight is 319 g/mol. The summed E-state index contributed by atoms with van der Waals surface area (Å²) in [5, 5.41) is 4.56. The van der Waals surface area contributed by atoms with E-state index in [0.717, 1.165) is 28.3 Å². The number of aromatic nitrogens is 5. The molecule has 3 aromatic heterocycles. The number of hydrogen-bond donors (Lipinski definition) is 0. The van der Waals surface area contributed by atoms with Crippen LogP contribution in [0.3, 0.4) is 0 Å². The van der Waals surface area contributed by atoms with Gasteiger partial charge in [0.15, 0.2) is 0 Å². The zero-order valence-corrected chi connectivity index (χ0v) is 13.8. The number of hydrogen-bond acceptors (Lipinski definition) is 4. The van der Waals surface area contributed by atoms with Crippen molar-refractivity contribution in [2.24, 2.45) is 0 Å². The molecule has 0 aliphatic carbocycles. The topological polar surface area (TPSA) is 57.2 Å². The molecule has 6 nitrogen and oxygen atoms in total. The molecule has 120 valence electrons. The van der Waals surface area contributed by atoms with E-state index in [9.17, 15) is 0 Å². The minimum Gasteiger partial charge on any atom is -0.478 e. The molecule has 0 aliphatic rings.